The smallest absolute Gasteiger partial charge is 0.123 e. The van der Waals surface area contributed by atoms with Crippen molar-refractivity contribution in [3.05, 3.63) is 84.7 Å². The Labute approximate surface area is 190 Å². The normalized spacial score (nSPS) is 10.8. The van der Waals surface area contributed by atoms with Crippen molar-refractivity contribution in [3.8, 4) is 17.2 Å². The van der Waals surface area contributed by atoms with Crippen LogP contribution >= 0.6 is 47.8 Å². The Morgan fingerprint density at radius 2 is 0.821 bits per heavy atom. The predicted molar refractivity (Wildman–Crippen MR) is 123 cm³/mol. The summed E-state index contributed by atoms with van der Waals surface area (Å²) in [6.07, 6.45) is 0. The lowest BCUT2D eigenvalue weighted by atomic mass is 9.83. The lowest BCUT2D eigenvalue weighted by molar-refractivity contribution is 0.396. The summed E-state index contributed by atoms with van der Waals surface area (Å²) in [5, 5.41) is 0. The summed E-state index contributed by atoms with van der Waals surface area (Å²) >= 11 is 10.8. The van der Waals surface area contributed by atoms with E-state index in [1.54, 1.807) is 21.3 Å². The van der Waals surface area contributed by atoms with Crippen LogP contribution in [-0.2, 0) is 0 Å². The summed E-state index contributed by atoms with van der Waals surface area (Å²) in [5.41, 5.74) is 3.01. The van der Waals surface area contributed by atoms with E-state index in [2.05, 4.69) is 66.0 Å². The fraction of sp³-hybridized carbons (Fsp3) is 0.182. The van der Waals surface area contributed by atoms with Crippen LogP contribution in [0.1, 0.15) is 22.6 Å². The average molecular weight is 571 g/mol. The third-order valence-electron chi connectivity index (χ3n) is 4.51. The number of ether oxygens (including phenoxy) is 3. The van der Waals surface area contributed by atoms with E-state index in [0.717, 1.165) is 47.4 Å². The van der Waals surface area contributed by atoms with Gasteiger partial charge in [0.15, 0.2) is 0 Å². The zero-order chi connectivity index (χ0) is 20.3. The Morgan fingerprint density at radius 3 is 1.07 bits per heavy atom. The van der Waals surface area contributed by atoms with Gasteiger partial charge in [-0.2, -0.15) is 0 Å². The second-order valence-corrected chi connectivity index (χ2v) is 8.84. The molecule has 3 aromatic carbocycles. The van der Waals surface area contributed by atoms with Crippen molar-refractivity contribution in [3.63, 3.8) is 0 Å². The predicted octanol–water partition coefficient (Wildman–Crippen LogP) is 7.18. The maximum atomic E-state index is 5.71. The van der Waals surface area contributed by atoms with Crippen molar-refractivity contribution in [2.24, 2.45) is 0 Å². The summed E-state index contributed by atoms with van der Waals surface area (Å²) in [4.78, 5) is 0. The van der Waals surface area contributed by atoms with E-state index in [1.807, 2.05) is 36.4 Å². The third kappa shape index (κ3) is 4.39. The molecule has 0 aliphatic heterocycles. The number of rotatable bonds is 6. The highest BCUT2D eigenvalue weighted by Gasteiger charge is 2.27. The molecule has 0 atom stereocenters. The molecule has 0 saturated carbocycles. The number of hydrogen-bond acceptors (Lipinski definition) is 3. The SMILES string of the molecule is COc1ccc(Br)cc1C(c1cc(Br)ccc1OC)c1cc(Br)ccc1OC. The molecule has 0 fully saturated rings. The van der Waals surface area contributed by atoms with Gasteiger partial charge in [0.2, 0.25) is 0 Å². The van der Waals surface area contributed by atoms with Gasteiger partial charge in [-0.15, -0.1) is 0 Å². The Balaban J connectivity index is 2.38. The van der Waals surface area contributed by atoms with E-state index >= 15 is 0 Å². The highest BCUT2D eigenvalue weighted by Crippen LogP contribution is 2.46. The minimum absolute atomic E-state index is 0.174. The number of halogens is 3. The van der Waals surface area contributed by atoms with Crippen LogP contribution in [0, 0.1) is 0 Å². The van der Waals surface area contributed by atoms with Crippen LogP contribution in [-0.4, -0.2) is 21.3 Å². The molecular formula is C22H19Br3O3. The van der Waals surface area contributed by atoms with E-state index in [0.29, 0.717) is 0 Å². The maximum absolute atomic E-state index is 5.71. The number of hydrogen-bond donors (Lipinski definition) is 0. The second-order valence-electron chi connectivity index (χ2n) is 6.09. The van der Waals surface area contributed by atoms with Crippen LogP contribution < -0.4 is 14.2 Å². The van der Waals surface area contributed by atoms with Gasteiger partial charge in [-0.25, -0.2) is 0 Å². The van der Waals surface area contributed by atoms with Crippen LogP contribution in [0.5, 0.6) is 17.2 Å². The summed E-state index contributed by atoms with van der Waals surface area (Å²) in [6.45, 7) is 0. The van der Waals surface area contributed by atoms with Gasteiger partial charge < -0.3 is 14.2 Å². The molecule has 3 nitrogen and oxygen atoms in total. The first kappa shape index (κ1) is 21.2. The highest BCUT2D eigenvalue weighted by molar-refractivity contribution is 9.11. The summed E-state index contributed by atoms with van der Waals surface area (Å²) in [5.74, 6) is 2.19. The zero-order valence-electron chi connectivity index (χ0n) is 15.6. The van der Waals surface area contributed by atoms with Crippen molar-refractivity contribution in [2.45, 2.75) is 5.92 Å². The molecule has 0 spiro atoms. The fourth-order valence-electron chi connectivity index (χ4n) is 3.29. The average Bonchev–Trinajstić information content (AvgIpc) is 2.69. The molecule has 0 aromatic heterocycles. The Hall–Kier alpha value is -1.50. The van der Waals surface area contributed by atoms with Crippen LogP contribution in [0.2, 0.25) is 0 Å². The fourth-order valence-corrected chi connectivity index (χ4v) is 4.43. The standard InChI is InChI=1S/C22H19Br3O3/c1-26-19-7-4-13(23)10-16(19)22(17-11-14(24)5-8-20(17)27-2)18-12-15(25)6-9-21(18)28-3/h4-12,22H,1-3H3. The monoisotopic (exact) mass is 568 g/mol. The van der Waals surface area contributed by atoms with Crippen molar-refractivity contribution in [2.75, 3.05) is 21.3 Å². The van der Waals surface area contributed by atoms with E-state index in [4.69, 9.17) is 14.2 Å². The molecule has 0 bridgehead atoms. The summed E-state index contributed by atoms with van der Waals surface area (Å²) in [6, 6.07) is 18.0. The van der Waals surface area contributed by atoms with Crippen molar-refractivity contribution < 1.29 is 14.2 Å². The minimum Gasteiger partial charge on any atom is -0.496 e. The van der Waals surface area contributed by atoms with Gasteiger partial charge in [-0.3, -0.25) is 0 Å². The summed E-state index contributed by atoms with van der Waals surface area (Å²) in [7, 11) is 5.04. The molecule has 0 saturated heterocycles. The molecule has 28 heavy (non-hydrogen) atoms. The first-order chi connectivity index (χ1) is 13.5. The van der Waals surface area contributed by atoms with Gasteiger partial charge in [-0.05, 0) is 54.6 Å². The van der Waals surface area contributed by atoms with Crippen LogP contribution in [0.4, 0.5) is 0 Å². The van der Waals surface area contributed by atoms with E-state index < -0.39 is 0 Å². The van der Waals surface area contributed by atoms with Gasteiger partial charge in [0.05, 0.1) is 21.3 Å². The van der Waals surface area contributed by atoms with E-state index in [9.17, 15) is 0 Å². The minimum atomic E-state index is -0.174. The molecule has 3 rings (SSSR count). The van der Waals surface area contributed by atoms with Crippen molar-refractivity contribution in [1.29, 1.82) is 0 Å². The molecule has 0 heterocycles. The lowest BCUT2D eigenvalue weighted by Crippen LogP contribution is -2.09. The van der Waals surface area contributed by atoms with Crippen LogP contribution in [0.3, 0.4) is 0 Å². The van der Waals surface area contributed by atoms with Crippen LogP contribution in [0.15, 0.2) is 68.0 Å². The maximum Gasteiger partial charge on any atom is 0.123 e. The van der Waals surface area contributed by atoms with Crippen molar-refractivity contribution in [1.82, 2.24) is 0 Å². The molecule has 0 unspecified atom stereocenters. The van der Waals surface area contributed by atoms with Gasteiger partial charge in [0, 0.05) is 36.0 Å². The second kappa shape index (κ2) is 9.33. The Kier molecular flexibility index (Phi) is 7.07. The summed E-state index contributed by atoms with van der Waals surface area (Å²) < 4.78 is 20.0. The van der Waals surface area contributed by atoms with Crippen molar-refractivity contribution >= 4 is 47.8 Å². The molecule has 0 N–H and O–H groups in total. The van der Waals surface area contributed by atoms with E-state index in [-0.39, 0.29) is 5.92 Å². The number of methoxy groups -OCH3 is 3. The first-order valence-corrected chi connectivity index (χ1v) is 10.9. The molecular weight excluding hydrogens is 552 g/mol. The van der Waals surface area contributed by atoms with Gasteiger partial charge >= 0.3 is 0 Å². The third-order valence-corrected chi connectivity index (χ3v) is 5.99. The highest BCUT2D eigenvalue weighted by atomic mass is 79.9. The first-order valence-electron chi connectivity index (χ1n) is 8.48. The quantitative estimate of drug-likeness (QED) is 0.294. The Morgan fingerprint density at radius 1 is 0.536 bits per heavy atom. The largest absolute Gasteiger partial charge is 0.496 e. The van der Waals surface area contributed by atoms with Gasteiger partial charge in [0.1, 0.15) is 17.2 Å². The molecule has 0 aliphatic rings. The molecule has 0 amide bonds. The zero-order valence-corrected chi connectivity index (χ0v) is 20.4. The Bertz CT molecular complexity index is 862. The van der Waals surface area contributed by atoms with Gasteiger partial charge in [-0.1, -0.05) is 47.8 Å². The molecule has 0 radical (unpaired) electrons. The van der Waals surface area contributed by atoms with E-state index in [1.165, 1.54) is 0 Å². The topological polar surface area (TPSA) is 27.7 Å². The van der Waals surface area contributed by atoms with Crippen LogP contribution in [0.25, 0.3) is 0 Å². The number of benzene rings is 3. The van der Waals surface area contributed by atoms with Gasteiger partial charge in [0.25, 0.3) is 0 Å². The lowest BCUT2D eigenvalue weighted by Gasteiger charge is -2.25. The molecule has 146 valence electrons. The molecule has 0 aliphatic carbocycles. The molecule has 3 aromatic rings. The molecule has 6 heteroatoms.